The van der Waals surface area contributed by atoms with E-state index in [0.717, 1.165) is 11.6 Å². The average molecular weight is 195 g/mol. The van der Waals surface area contributed by atoms with Crippen LogP contribution in [0.4, 0.5) is 0 Å². The van der Waals surface area contributed by atoms with Crippen molar-refractivity contribution in [3.63, 3.8) is 0 Å². The normalized spacial score (nSPS) is 26.6. The van der Waals surface area contributed by atoms with Crippen molar-refractivity contribution in [1.29, 1.82) is 0 Å². The average Bonchev–Trinajstić information content (AvgIpc) is 2.53. The fourth-order valence-electron chi connectivity index (χ4n) is 1.53. The Hall–Kier alpha value is -0.890. The Labute approximate surface area is 82.6 Å². The second-order valence-corrected chi connectivity index (χ2v) is 3.85. The molecule has 0 N–H and O–H groups in total. The number of azo groups is 1. The summed E-state index contributed by atoms with van der Waals surface area (Å²) in [6.07, 6.45) is 0. The van der Waals surface area contributed by atoms with Crippen LogP contribution in [0.15, 0.2) is 34.5 Å². The van der Waals surface area contributed by atoms with Crippen molar-refractivity contribution in [3.05, 3.63) is 34.9 Å². The van der Waals surface area contributed by atoms with Crippen LogP contribution < -0.4 is 0 Å². The van der Waals surface area contributed by atoms with Crippen LogP contribution in [0.5, 0.6) is 0 Å². The third kappa shape index (κ3) is 1.73. The van der Waals surface area contributed by atoms with E-state index in [-0.39, 0.29) is 6.04 Å². The van der Waals surface area contributed by atoms with Crippen molar-refractivity contribution < 1.29 is 0 Å². The van der Waals surface area contributed by atoms with Crippen molar-refractivity contribution in [3.8, 4) is 0 Å². The summed E-state index contributed by atoms with van der Waals surface area (Å²) in [6, 6.07) is 8.08. The Kier molecular flexibility index (Phi) is 2.32. The van der Waals surface area contributed by atoms with Gasteiger partial charge in [-0.25, -0.2) is 0 Å². The van der Waals surface area contributed by atoms with E-state index in [4.69, 9.17) is 11.6 Å². The number of nitrogens with zero attached hydrogens (tertiary/aromatic N) is 2. The largest absolute Gasteiger partial charge is 0.193 e. The van der Waals surface area contributed by atoms with Gasteiger partial charge in [-0.05, 0) is 17.7 Å². The molecule has 3 heteroatoms. The third-order valence-corrected chi connectivity index (χ3v) is 2.58. The Morgan fingerprint density at radius 1 is 1.31 bits per heavy atom. The first-order valence-electron chi connectivity index (χ1n) is 4.39. The van der Waals surface area contributed by atoms with E-state index >= 15 is 0 Å². The van der Waals surface area contributed by atoms with Gasteiger partial charge < -0.3 is 0 Å². The van der Waals surface area contributed by atoms with Crippen molar-refractivity contribution >= 4 is 11.6 Å². The van der Waals surface area contributed by atoms with Crippen LogP contribution in [0.25, 0.3) is 0 Å². The van der Waals surface area contributed by atoms with E-state index in [1.807, 2.05) is 24.3 Å². The number of hydrogen-bond acceptors (Lipinski definition) is 2. The van der Waals surface area contributed by atoms with Gasteiger partial charge in [-0.1, -0.05) is 30.7 Å². The van der Waals surface area contributed by atoms with Crippen LogP contribution in [-0.2, 0) is 0 Å². The van der Waals surface area contributed by atoms with Gasteiger partial charge in [0.25, 0.3) is 0 Å². The first-order chi connectivity index (χ1) is 6.27. The zero-order valence-corrected chi connectivity index (χ0v) is 8.20. The van der Waals surface area contributed by atoms with Gasteiger partial charge in [0, 0.05) is 10.9 Å². The summed E-state index contributed by atoms with van der Waals surface area (Å²) in [6.45, 7) is 3.01. The first kappa shape index (κ1) is 8.70. The van der Waals surface area contributed by atoms with Crippen LogP contribution in [0.2, 0.25) is 5.02 Å². The minimum Gasteiger partial charge on any atom is -0.193 e. The number of rotatable bonds is 1. The highest BCUT2D eigenvalue weighted by atomic mass is 35.5. The lowest BCUT2D eigenvalue weighted by Gasteiger charge is -2.11. The van der Waals surface area contributed by atoms with Gasteiger partial charge in [0.05, 0.1) is 6.54 Å². The summed E-state index contributed by atoms with van der Waals surface area (Å²) in [7, 11) is 0. The lowest BCUT2D eigenvalue weighted by molar-refractivity contribution is 0.546. The van der Waals surface area contributed by atoms with Crippen LogP contribution in [0, 0.1) is 5.92 Å². The Bertz CT molecular complexity index is 318. The molecule has 0 saturated carbocycles. The topological polar surface area (TPSA) is 24.7 Å². The lowest BCUT2D eigenvalue weighted by atomic mass is 9.97. The maximum absolute atomic E-state index is 5.80. The standard InChI is InChI=1S/C10H11ClN2/c1-7-6-12-13-10(7)8-2-4-9(11)5-3-8/h2-5,7,10H,6H2,1H3. The summed E-state index contributed by atoms with van der Waals surface area (Å²) in [5.41, 5.74) is 1.21. The molecule has 13 heavy (non-hydrogen) atoms. The van der Waals surface area contributed by atoms with Gasteiger partial charge in [-0.2, -0.15) is 10.2 Å². The van der Waals surface area contributed by atoms with Gasteiger partial charge in [0.2, 0.25) is 0 Å². The second kappa shape index (κ2) is 3.46. The SMILES string of the molecule is CC1CN=NC1c1ccc(Cl)cc1. The van der Waals surface area contributed by atoms with E-state index in [1.54, 1.807) is 0 Å². The van der Waals surface area contributed by atoms with E-state index in [1.165, 1.54) is 5.56 Å². The molecule has 2 nitrogen and oxygen atoms in total. The summed E-state index contributed by atoms with van der Waals surface area (Å²) < 4.78 is 0. The van der Waals surface area contributed by atoms with Gasteiger partial charge >= 0.3 is 0 Å². The van der Waals surface area contributed by atoms with Crippen LogP contribution in [0.3, 0.4) is 0 Å². The maximum atomic E-state index is 5.80. The van der Waals surface area contributed by atoms with E-state index in [2.05, 4.69) is 17.2 Å². The molecule has 0 fully saturated rings. The highest BCUT2D eigenvalue weighted by Crippen LogP contribution is 2.31. The smallest absolute Gasteiger partial charge is 0.100 e. The van der Waals surface area contributed by atoms with Gasteiger partial charge in [-0.3, -0.25) is 0 Å². The van der Waals surface area contributed by atoms with Crippen molar-refractivity contribution in [2.45, 2.75) is 13.0 Å². The molecule has 1 aliphatic rings. The number of hydrogen-bond donors (Lipinski definition) is 0. The molecule has 0 aromatic heterocycles. The molecule has 2 atom stereocenters. The predicted octanol–water partition coefficient (Wildman–Crippen LogP) is 3.48. The molecule has 1 aromatic carbocycles. The number of benzene rings is 1. The molecule has 68 valence electrons. The maximum Gasteiger partial charge on any atom is 0.100 e. The summed E-state index contributed by atoms with van der Waals surface area (Å²) in [5, 5.41) is 9.00. The fraction of sp³-hybridized carbons (Fsp3) is 0.400. The molecule has 2 rings (SSSR count). The van der Waals surface area contributed by atoms with E-state index < -0.39 is 0 Å². The Morgan fingerprint density at radius 3 is 2.54 bits per heavy atom. The van der Waals surface area contributed by atoms with Gasteiger partial charge in [0.15, 0.2) is 0 Å². The minimum absolute atomic E-state index is 0.234. The minimum atomic E-state index is 0.234. The molecule has 0 spiro atoms. The van der Waals surface area contributed by atoms with Crippen LogP contribution in [-0.4, -0.2) is 6.54 Å². The van der Waals surface area contributed by atoms with E-state index in [0.29, 0.717) is 5.92 Å². The Balaban J connectivity index is 2.25. The van der Waals surface area contributed by atoms with Crippen LogP contribution in [0.1, 0.15) is 18.5 Å². The quantitative estimate of drug-likeness (QED) is 0.654. The summed E-state index contributed by atoms with van der Waals surface area (Å²) in [5.74, 6) is 0.515. The Morgan fingerprint density at radius 2 is 2.00 bits per heavy atom. The molecule has 0 bridgehead atoms. The van der Waals surface area contributed by atoms with Crippen molar-refractivity contribution in [2.24, 2.45) is 16.1 Å². The third-order valence-electron chi connectivity index (χ3n) is 2.33. The molecule has 1 aromatic rings. The molecule has 0 radical (unpaired) electrons. The molecule has 0 saturated heterocycles. The highest BCUT2D eigenvalue weighted by molar-refractivity contribution is 6.30. The van der Waals surface area contributed by atoms with Crippen molar-refractivity contribution in [2.75, 3.05) is 6.54 Å². The monoisotopic (exact) mass is 194 g/mol. The molecule has 1 aliphatic heterocycles. The molecule has 1 heterocycles. The first-order valence-corrected chi connectivity index (χ1v) is 4.77. The van der Waals surface area contributed by atoms with Gasteiger partial charge in [-0.15, -0.1) is 0 Å². The predicted molar refractivity (Wildman–Crippen MR) is 53.1 cm³/mol. The van der Waals surface area contributed by atoms with Crippen LogP contribution >= 0.6 is 11.6 Å². The second-order valence-electron chi connectivity index (χ2n) is 3.41. The highest BCUT2D eigenvalue weighted by Gasteiger charge is 2.22. The molecule has 2 unspecified atom stereocenters. The number of halogens is 1. The summed E-state index contributed by atoms with van der Waals surface area (Å²) in [4.78, 5) is 0. The summed E-state index contributed by atoms with van der Waals surface area (Å²) >= 11 is 5.80. The fourth-order valence-corrected chi connectivity index (χ4v) is 1.66. The van der Waals surface area contributed by atoms with Gasteiger partial charge in [0.1, 0.15) is 6.04 Å². The van der Waals surface area contributed by atoms with E-state index in [9.17, 15) is 0 Å². The lowest BCUT2D eigenvalue weighted by Crippen LogP contribution is -2.04. The van der Waals surface area contributed by atoms with Crippen molar-refractivity contribution in [1.82, 2.24) is 0 Å². The molecule has 0 aliphatic carbocycles. The molecular weight excluding hydrogens is 184 g/mol. The zero-order valence-electron chi connectivity index (χ0n) is 7.44. The molecule has 0 amide bonds. The molecular formula is C10H11ClN2. The zero-order chi connectivity index (χ0) is 9.26.